The smallest absolute Gasteiger partial charge is 0.323 e. The summed E-state index contributed by atoms with van der Waals surface area (Å²) in [4.78, 5) is 22.7. The van der Waals surface area contributed by atoms with Crippen molar-refractivity contribution >= 4 is 23.1 Å². The Morgan fingerprint density at radius 2 is 1.54 bits per heavy atom. The number of anilines is 2. The monoisotopic (exact) mass is 377 g/mol. The van der Waals surface area contributed by atoms with Gasteiger partial charge in [-0.05, 0) is 49.2 Å². The number of hydrogen-bond acceptors (Lipinski definition) is 4. The molecule has 0 unspecified atom stereocenters. The average molecular weight is 377 g/mol. The van der Waals surface area contributed by atoms with E-state index in [1.807, 2.05) is 32.0 Å². The van der Waals surface area contributed by atoms with Crippen molar-refractivity contribution < 1.29 is 14.5 Å². The number of aryl methyl sites for hydroxylation is 2. The van der Waals surface area contributed by atoms with Crippen molar-refractivity contribution in [1.29, 1.82) is 0 Å². The van der Waals surface area contributed by atoms with Crippen molar-refractivity contribution in [3.8, 4) is 11.5 Å². The number of nitro benzene ring substituents is 1. The Labute approximate surface area is 162 Å². The summed E-state index contributed by atoms with van der Waals surface area (Å²) in [6.45, 7) is 3.85. The van der Waals surface area contributed by atoms with Gasteiger partial charge in [-0.25, -0.2) is 4.79 Å². The lowest BCUT2D eigenvalue weighted by atomic mass is 10.1. The highest BCUT2D eigenvalue weighted by molar-refractivity contribution is 6.01. The third-order valence-corrected chi connectivity index (χ3v) is 4.13. The summed E-state index contributed by atoms with van der Waals surface area (Å²) >= 11 is 0. The van der Waals surface area contributed by atoms with E-state index in [1.54, 1.807) is 24.3 Å². The number of amides is 2. The van der Waals surface area contributed by atoms with Gasteiger partial charge in [0.15, 0.2) is 5.75 Å². The molecular weight excluding hydrogens is 358 g/mol. The van der Waals surface area contributed by atoms with Gasteiger partial charge in [-0.15, -0.1) is 0 Å². The maximum atomic E-state index is 12.5. The second kappa shape index (κ2) is 8.22. The summed E-state index contributed by atoms with van der Waals surface area (Å²) < 4.78 is 5.78. The van der Waals surface area contributed by atoms with Crippen LogP contribution in [-0.4, -0.2) is 11.0 Å². The molecule has 2 N–H and O–H groups in total. The van der Waals surface area contributed by atoms with Gasteiger partial charge < -0.3 is 15.4 Å². The van der Waals surface area contributed by atoms with Gasteiger partial charge in [0.25, 0.3) is 5.69 Å². The lowest BCUT2D eigenvalue weighted by Gasteiger charge is -2.15. The highest BCUT2D eigenvalue weighted by Gasteiger charge is 2.12. The molecule has 0 atom stereocenters. The largest absolute Gasteiger partial charge is 0.455 e. The van der Waals surface area contributed by atoms with Crippen molar-refractivity contribution in [3.05, 3.63) is 88.0 Å². The van der Waals surface area contributed by atoms with E-state index in [4.69, 9.17) is 4.74 Å². The molecule has 0 aliphatic carbocycles. The Balaban J connectivity index is 1.75. The van der Waals surface area contributed by atoms with E-state index in [9.17, 15) is 14.9 Å². The molecule has 0 heterocycles. The first-order valence-electron chi connectivity index (χ1n) is 8.59. The van der Waals surface area contributed by atoms with Crippen LogP contribution in [0.2, 0.25) is 0 Å². The third kappa shape index (κ3) is 4.45. The van der Waals surface area contributed by atoms with E-state index in [0.717, 1.165) is 16.8 Å². The molecule has 2 amide bonds. The van der Waals surface area contributed by atoms with Crippen molar-refractivity contribution in [1.82, 2.24) is 0 Å². The Morgan fingerprint density at radius 3 is 2.18 bits per heavy atom. The van der Waals surface area contributed by atoms with Crippen LogP contribution in [0.25, 0.3) is 0 Å². The van der Waals surface area contributed by atoms with E-state index in [-0.39, 0.29) is 5.69 Å². The van der Waals surface area contributed by atoms with Crippen LogP contribution < -0.4 is 15.4 Å². The number of para-hydroxylation sites is 3. The van der Waals surface area contributed by atoms with Gasteiger partial charge in [0, 0.05) is 17.8 Å². The van der Waals surface area contributed by atoms with Crippen LogP contribution in [-0.2, 0) is 0 Å². The van der Waals surface area contributed by atoms with Crippen LogP contribution in [0.4, 0.5) is 21.9 Å². The minimum absolute atomic E-state index is 0.0215. The fraction of sp³-hybridized carbons (Fsp3) is 0.0952. The number of nitro groups is 1. The van der Waals surface area contributed by atoms with Gasteiger partial charge in [0.2, 0.25) is 0 Å². The van der Waals surface area contributed by atoms with Crippen molar-refractivity contribution in [2.75, 3.05) is 10.6 Å². The molecule has 3 aromatic rings. The Kier molecular flexibility index (Phi) is 5.55. The predicted octanol–water partition coefficient (Wildman–Crippen LogP) is 5.65. The number of urea groups is 1. The molecule has 0 aliphatic rings. The first-order valence-corrected chi connectivity index (χ1v) is 8.59. The van der Waals surface area contributed by atoms with E-state index in [1.165, 1.54) is 24.3 Å². The Bertz CT molecular complexity index is 996. The first-order chi connectivity index (χ1) is 13.4. The van der Waals surface area contributed by atoms with Crippen LogP contribution in [0.1, 0.15) is 11.1 Å². The normalized spacial score (nSPS) is 10.2. The molecule has 0 fully saturated rings. The van der Waals surface area contributed by atoms with Gasteiger partial charge in [0.1, 0.15) is 5.75 Å². The molecule has 0 spiro atoms. The number of non-ortho nitro benzene ring substituents is 1. The van der Waals surface area contributed by atoms with Crippen LogP contribution in [0.3, 0.4) is 0 Å². The summed E-state index contributed by atoms with van der Waals surface area (Å²) in [7, 11) is 0. The number of carbonyl (C=O) groups is 1. The lowest BCUT2D eigenvalue weighted by molar-refractivity contribution is -0.384. The molecule has 3 aromatic carbocycles. The highest BCUT2D eigenvalue weighted by Crippen LogP contribution is 2.30. The number of carbonyl (C=O) groups excluding carboxylic acids is 1. The number of nitrogens with zero attached hydrogens (tertiary/aromatic N) is 1. The number of hydrogen-bond donors (Lipinski definition) is 2. The third-order valence-electron chi connectivity index (χ3n) is 4.13. The maximum absolute atomic E-state index is 12.5. The molecule has 3 rings (SSSR count). The number of rotatable bonds is 5. The first kappa shape index (κ1) is 18.9. The second-order valence-corrected chi connectivity index (χ2v) is 6.20. The molecule has 0 bridgehead atoms. The van der Waals surface area contributed by atoms with Gasteiger partial charge >= 0.3 is 6.03 Å². The molecule has 142 valence electrons. The molecule has 7 nitrogen and oxygen atoms in total. The Hall–Kier alpha value is -3.87. The van der Waals surface area contributed by atoms with Gasteiger partial charge in [0.05, 0.1) is 10.6 Å². The zero-order valence-electron chi connectivity index (χ0n) is 15.4. The zero-order chi connectivity index (χ0) is 20.1. The minimum atomic E-state index is -0.475. The standard InChI is InChI=1S/C21H19N3O4/c1-14-6-5-7-15(2)20(14)23-21(25)22-18-8-3-4-9-19(18)28-17-12-10-16(11-13-17)24(26)27/h3-13H,1-2H3,(H2,22,23,25). The summed E-state index contributed by atoms with van der Waals surface area (Å²) in [5.41, 5.74) is 3.14. The quantitative estimate of drug-likeness (QED) is 0.444. The van der Waals surface area contributed by atoms with Crippen LogP contribution in [0.5, 0.6) is 11.5 Å². The molecule has 0 aromatic heterocycles. The Morgan fingerprint density at radius 1 is 0.893 bits per heavy atom. The fourth-order valence-electron chi connectivity index (χ4n) is 2.70. The van der Waals surface area contributed by atoms with Gasteiger partial charge in [-0.1, -0.05) is 30.3 Å². The summed E-state index contributed by atoms with van der Waals surface area (Å²) in [6, 6.07) is 18.1. The van der Waals surface area contributed by atoms with Crippen LogP contribution in [0, 0.1) is 24.0 Å². The second-order valence-electron chi connectivity index (χ2n) is 6.20. The lowest BCUT2D eigenvalue weighted by Crippen LogP contribution is -2.20. The predicted molar refractivity (Wildman–Crippen MR) is 108 cm³/mol. The summed E-state index contributed by atoms with van der Waals surface area (Å²) in [6.07, 6.45) is 0. The molecular formula is C21H19N3O4. The fourth-order valence-corrected chi connectivity index (χ4v) is 2.70. The van der Waals surface area contributed by atoms with Crippen molar-refractivity contribution in [3.63, 3.8) is 0 Å². The SMILES string of the molecule is Cc1cccc(C)c1NC(=O)Nc1ccccc1Oc1ccc([N+](=O)[O-])cc1. The van der Waals surface area contributed by atoms with Gasteiger partial charge in [-0.3, -0.25) is 10.1 Å². The van der Waals surface area contributed by atoms with Crippen molar-refractivity contribution in [2.45, 2.75) is 13.8 Å². The van der Waals surface area contributed by atoms with Crippen LogP contribution >= 0.6 is 0 Å². The van der Waals surface area contributed by atoms with E-state index in [0.29, 0.717) is 17.2 Å². The molecule has 0 saturated heterocycles. The number of nitrogens with one attached hydrogen (secondary N) is 2. The molecule has 0 aliphatic heterocycles. The maximum Gasteiger partial charge on any atom is 0.323 e. The highest BCUT2D eigenvalue weighted by atomic mass is 16.6. The number of benzene rings is 3. The number of ether oxygens (including phenoxy) is 1. The summed E-state index contributed by atoms with van der Waals surface area (Å²) in [5.74, 6) is 0.850. The van der Waals surface area contributed by atoms with Crippen molar-refractivity contribution in [2.24, 2.45) is 0 Å². The summed E-state index contributed by atoms with van der Waals surface area (Å²) in [5, 5.41) is 16.4. The zero-order valence-corrected chi connectivity index (χ0v) is 15.4. The van der Waals surface area contributed by atoms with Gasteiger partial charge in [-0.2, -0.15) is 0 Å². The van der Waals surface area contributed by atoms with E-state index in [2.05, 4.69) is 10.6 Å². The molecule has 7 heteroatoms. The minimum Gasteiger partial charge on any atom is -0.455 e. The molecule has 28 heavy (non-hydrogen) atoms. The average Bonchev–Trinajstić information content (AvgIpc) is 2.67. The molecule has 0 radical (unpaired) electrons. The van der Waals surface area contributed by atoms with E-state index >= 15 is 0 Å². The van der Waals surface area contributed by atoms with E-state index < -0.39 is 11.0 Å². The van der Waals surface area contributed by atoms with Crippen LogP contribution in [0.15, 0.2) is 66.7 Å². The topological polar surface area (TPSA) is 93.5 Å². The molecule has 0 saturated carbocycles.